The molecular formula is C30H46N2O. The number of aromatic nitrogens is 2. The fourth-order valence-electron chi connectivity index (χ4n) is 5.17. The molecule has 1 aromatic heterocycles. The van der Waals surface area contributed by atoms with Crippen molar-refractivity contribution in [3.05, 3.63) is 42.2 Å². The Labute approximate surface area is 202 Å². The first-order valence-corrected chi connectivity index (χ1v) is 13.8. The molecule has 1 aromatic carbocycles. The van der Waals surface area contributed by atoms with Crippen molar-refractivity contribution >= 4 is 0 Å². The molecule has 1 saturated carbocycles. The van der Waals surface area contributed by atoms with Gasteiger partial charge in [0.15, 0.2) is 5.82 Å². The third-order valence-corrected chi connectivity index (χ3v) is 7.34. The Morgan fingerprint density at radius 3 is 1.97 bits per heavy atom. The smallest absolute Gasteiger partial charge is 0.159 e. The normalized spacial score (nSPS) is 18.4. The Morgan fingerprint density at radius 1 is 0.727 bits per heavy atom. The standard InChI is InChI=1S/C30H46N2O/c1-3-5-6-7-8-9-10-22-33-29-20-18-28(19-21-29)30-31-23-27(24-32-30)17-16-26-14-12-25(11-4-2)13-15-26/h18-21,23-26H,3-17,22H2,1-2H3/t25-,26-. The Hall–Kier alpha value is -1.90. The molecule has 0 N–H and O–H groups in total. The molecule has 3 heteroatoms. The number of hydrogen-bond acceptors (Lipinski definition) is 3. The molecule has 0 radical (unpaired) electrons. The summed E-state index contributed by atoms with van der Waals surface area (Å²) in [7, 11) is 0. The van der Waals surface area contributed by atoms with Gasteiger partial charge in [-0.3, -0.25) is 0 Å². The number of ether oxygens (including phenoxy) is 1. The van der Waals surface area contributed by atoms with E-state index < -0.39 is 0 Å². The van der Waals surface area contributed by atoms with Gasteiger partial charge in [-0.05, 0) is 60.9 Å². The van der Waals surface area contributed by atoms with Crippen LogP contribution in [-0.4, -0.2) is 16.6 Å². The van der Waals surface area contributed by atoms with Crippen molar-refractivity contribution in [2.75, 3.05) is 6.61 Å². The third kappa shape index (κ3) is 9.47. The molecular weight excluding hydrogens is 404 g/mol. The average Bonchev–Trinajstić information content (AvgIpc) is 2.86. The number of rotatable bonds is 15. The molecule has 2 aromatic rings. The van der Waals surface area contributed by atoms with Crippen LogP contribution >= 0.6 is 0 Å². The van der Waals surface area contributed by atoms with Gasteiger partial charge in [0.1, 0.15) is 5.75 Å². The van der Waals surface area contributed by atoms with E-state index in [1.807, 2.05) is 24.5 Å². The van der Waals surface area contributed by atoms with Crippen LogP contribution in [-0.2, 0) is 6.42 Å². The van der Waals surface area contributed by atoms with E-state index in [0.29, 0.717) is 0 Å². The first-order valence-electron chi connectivity index (χ1n) is 13.8. The van der Waals surface area contributed by atoms with Gasteiger partial charge in [-0.25, -0.2) is 9.97 Å². The lowest BCUT2D eigenvalue weighted by Gasteiger charge is -2.28. The molecule has 1 heterocycles. The average molecular weight is 451 g/mol. The highest BCUT2D eigenvalue weighted by Crippen LogP contribution is 2.33. The minimum Gasteiger partial charge on any atom is -0.494 e. The van der Waals surface area contributed by atoms with Gasteiger partial charge in [0.05, 0.1) is 6.61 Å². The van der Waals surface area contributed by atoms with Gasteiger partial charge >= 0.3 is 0 Å². The fourth-order valence-corrected chi connectivity index (χ4v) is 5.17. The van der Waals surface area contributed by atoms with Crippen LogP contribution in [0.4, 0.5) is 0 Å². The van der Waals surface area contributed by atoms with Crippen LogP contribution < -0.4 is 4.74 Å². The maximum atomic E-state index is 5.91. The van der Waals surface area contributed by atoms with E-state index in [0.717, 1.165) is 48.4 Å². The topological polar surface area (TPSA) is 35.0 Å². The number of benzene rings is 1. The van der Waals surface area contributed by atoms with E-state index in [4.69, 9.17) is 4.74 Å². The lowest BCUT2D eigenvalue weighted by molar-refractivity contribution is 0.252. The Balaban J connectivity index is 1.34. The van der Waals surface area contributed by atoms with Crippen molar-refractivity contribution in [3.63, 3.8) is 0 Å². The second-order valence-corrected chi connectivity index (χ2v) is 10.1. The van der Waals surface area contributed by atoms with E-state index in [-0.39, 0.29) is 0 Å². The highest BCUT2D eigenvalue weighted by atomic mass is 16.5. The minimum atomic E-state index is 0.803. The molecule has 0 bridgehead atoms. The van der Waals surface area contributed by atoms with E-state index in [1.54, 1.807) is 0 Å². The Bertz CT molecular complexity index is 748. The third-order valence-electron chi connectivity index (χ3n) is 7.34. The summed E-state index contributed by atoms with van der Waals surface area (Å²) in [6.07, 6.45) is 24.1. The minimum absolute atomic E-state index is 0.803. The summed E-state index contributed by atoms with van der Waals surface area (Å²) in [4.78, 5) is 9.29. The summed E-state index contributed by atoms with van der Waals surface area (Å²) in [5.41, 5.74) is 2.32. The summed E-state index contributed by atoms with van der Waals surface area (Å²) in [6, 6.07) is 8.24. The van der Waals surface area contributed by atoms with Crippen molar-refractivity contribution in [2.45, 2.75) is 110 Å². The molecule has 1 fully saturated rings. The molecule has 182 valence electrons. The maximum absolute atomic E-state index is 5.91. The molecule has 33 heavy (non-hydrogen) atoms. The molecule has 0 amide bonds. The van der Waals surface area contributed by atoms with Gasteiger partial charge in [-0.1, -0.05) is 90.9 Å². The second kappa shape index (κ2) is 15.1. The number of nitrogens with zero attached hydrogens (tertiary/aromatic N) is 2. The predicted molar refractivity (Wildman–Crippen MR) is 140 cm³/mol. The van der Waals surface area contributed by atoms with Crippen LogP contribution in [0.25, 0.3) is 11.4 Å². The summed E-state index contributed by atoms with van der Waals surface area (Å²) in [5.74, 6) is 3.63. The molecule has 0 atom stereocenters. The zero-order valence-corrected chi connectivity index (χ0v) is 21.2. The molecule has 0 saturated heterocycles. The van der Waals surface area contributed by atoms with Crippen LogP contribution in [0.3, 0.4) is 0 Å². The first kappa shape index (κ1) is 25.7. The van der Waals surface area contributed by atoms with Crippen molar-refractivity contribution in [1.29, 1.82) is 0 Å². The molecule has 0 unspecified atom stereocenters. The van der Waals surface area contributed by atoms with Crippen molar-refractivity contribution < 1.29 is 4.74 Å². The molecule has 0 aliphatic heterocycles. The SMILES string of the molecule is CCCCCCCCCOc1ccc(-c2ncc(CC[C@H]3CC[C@H](CCC)CC3)cn2)cc1. The largest absolute Gasteiger partial charge is 0.494 e. The highest BCUT2D eigenvalue weighted by Gasteiger charge is 2.20. The molecule has 3 nitrogen and oxygen atoms in total. The number of aryl methyl sites for hydroxylation is 1. The highest BCUT2D eigenvalue weighted by molar-refractivity contribution is 5.55. The van der Waals surface area contributed by atoms with Crippen LogP contribution in [0.1, 0.15) is 109 Å². The fraction of sp³-hybridized carbons (Fsp3) is 0.667. The van der Waals surface area contributed by atoms with E-state index in [1.165, 1.54) is 89.0 Å². The van der Waals surface area contributed by atoms with Crippen LogP contribution in [0, 0.1) is 11.8 Å². The Morgan fingerprint density at radius 2 is 1.33 bits per heavy atom. The van der Waals surface area contributed by atoms with E-state index in [9.17, 15) is 0 Å². The molecule has 0 spiro atoms. The van der Waals surface area contributed by atoms with Crippen LogP contribution in [0.15, 0.2) is 36.7 Å². The van der Waals surface area contributed by atoms with Gasteiger partial charge in [-0.15, -0.1) is 0 Å². The zero-order valence-electron chi connectivity index (χ0n) is 21.2. The van der Waals surface area contributed by atoms with Gasteiger partial charge < -0.3 is 4.74 Å². The lowest BCUT2D eigenvalue weighted by Crippen LogP contribution is -2.15. The monoisotopic (exact) mass is 450 g/mol. The van der Waals surface area contributed by atoms with Crippen molar-refractivity contribution in [2.24, 2.45) is 11.8 Å². The summed E-state index contributed by atoms with van der Waals surface area (Å²) in [5, 5.41) is 0. The zero-order chi connectivity index (χ0) is 23.1. The number of hydrogen-bond donors (Lipinski definition) is 0. The van der Waals surface area contributed by atoms with Gasteiger partial charge in [0.2, 0.25) is 0 Å². The molecule has 1 aliphatic carbocycles. The van der Waals surface area contributed by atoms with Gasteiger partial charge in [-0.2, -0.15) is 0 Å². The first-order chi connectivity index (χ1) is 16.3. The Kier molecular flexibility index (Phi) is 11.8. The summed E-state index contributed by atoms with van der Waals surface area (Å²) < 4.78 is 5.91. The van der Waals surface area contributed by atoms with Crippen LogP contribution in [0.5, 0.6) is 5.75 Å². The summed E-state index contributed by atoms with van der Waals surface area (Å²) in [6.45, 7) is 5.38. The molecule has 3 rings (SSSR count). The van der Waals surface area contributed by atoms with Crippen molar-refractivity contribution in [3.8, 4) is 17.1 Å². The van der Waals surface area contributed by atoms with Gasteiger partial charge in [0, 0.05) is 18.0 Å². The predicted octanol–water partition coefficient (Wildman–Crippen LogP) is 8.81. The second-order valence-electron chi connectivity index (χ2n) is 10.1. The molecule has 1 aliphatic rings. The van der Waals surface area contributed by atoms with E-state index >= 15 is 0 Å². The number of unbranched alkanes of at least 4 members (excludes halogenated alkanes) is 6. The van der Waals surface area contributed by atoms with Crippen LogP contribution in [0.2, 0.25) is 0 Å². The van der Waals surface area contributed by atoms with Gasteiger partial charge in [0.25, 0.3) is 0 Å². The lowest BCUT2D eigenvalue weighted by atomic mass is 9.78. The summed E-state index contributed by atoms with van der Waals surface area (Å²) >= 11 is 0. The van der Waals surface area contributed by atoms with E-state index in [2.05, 4.69) is 35.9 Å². The quantitative estimate of drug-likeness (QED) is 0.254. The maximum Gasteiger partial charge on any atom is 0.159 e. The van der Waals surface area contributed by atoms with Crippen molar-refractivity contribution in [1.82, 2.24) is 9.97 Å².